The summed E-state index contributed by atoms with van der Waals surface area (Å²) in [5.41, 5.74) is -0.505. The Morgan fingerprint density at radius 1 is 0.971 bits per heavy atom. The molecule has 0 saturated carbocycles. The van der Waals surface area contributed by atoms with Crippen LogP contribution in [0.25, 0.3) is 0 Å². The minimum atomic E-state index is -1.60. The van der Waals surface area contributed by atoms with Crippen molar-refractivity contribution >= 4 is 23.8 Å². The summed E-state index contributed by atoms with van der Waals surface area (Å²) in [5, 5.41) is 0. The molecule has 0 N–H and O–H groups in total. The number of rotatable bonds is 9. The van der Waals surface area contributed by atoms with E-state index in [1.165, 1.54) is 18.9 Å². The van der Waals surface area contributed by atoms with Crippen LogP contribution in [-0.2, 0) is 39.0 Å². The van der Waals surface area contributed by atoms with Crippen molar-refractivity contribution in [3.63, 3.8) is 0 Å². The van der Waals surface area contributed by atoms with E-state index in [9.17, 15) is 19.2 Å². The van der Waals surface area contributed by atoms with E-state index in [0.717, 1.165) is 0 Å². The Hall–Kier alpha value is -3.68. The molecule has 2 aromatic rings. The summed E-state index contributed by atoms with van der Waals surface area (Å²) in [6, 6.07) is 15.7. The molecule has 0 bridgehead atoms. The predicted octanol–water partition coefficient (Wildman–Crippen LogP) is 3.08. The molecule has 0 aromatic heterocycles. The Morgan fingerprint density at radius 2 is 1.49 bits per heavy atom. The van der Waals surface area contributed by atoms with E-state index in [-0.39, 0.29) is 12.5 Å². The molecule has 3 rings (SSSR count). The molecule has 0 radical (unpaired) electrons. The molecule has 8 heteroatoms. The standard InChI is InChI=1S/C27H31NO7/c1-6-34-26(32)22(17(2)3)28-23(21(24(28)30)25(31)33-5)27(35-18(4)29,19-13-9-7-10-14-19)20-15-11-8-12-16-20/h7-17,21-23H,6H2,1-5H3/t21-,22-,23+/m1/s1. The molecule has 35 heavy (non-hydrogen) atoms. The molecule has 2 aromatic carbocycles. The normalized spacial score (nSPS) is 18.5. The minimum Gasteiger partial charge on any atom is -0.468 e. The van der Waals surface area contributed by atoms with Crippen LogP contribution in [-0.4, -0.2) is 54.5 Å². The van der Waals surface area contributed by atoms with Gasteiger partial charge in [-0.25, -0.2) is 4.79 Å². The fourth-order valence-electron chi connectivity index (χ4n) is 4.83. The van der Waals surface area contributed by atoms with Gasteiger partial charge < -0.3 is 19.1 Å². The van der Waals surface area contributed by atoms with Gasteiger partial charge in [-0.15, -0.1) is 0 Å². The molecule has 1 saturated heterocycles. The summed E-state index contributed by atoms with van der Waals surface area (Å²) < 4.78 is 16.4. The van der Waals surface area contributed by atoms with Crippen molar-refractivity contribution in [3.8, 4) is 0 Å². The SMILES string of the molecule is CCOC(=O)[C@@H](C(C)C)N1C(=O)[C@H](C(=O)OC)[C@H]1C(OC(C)=O)(c1ccccc1)c1ccccc1. The van der Waals surface area contributed by atoms with Gasteiger partial charge in [-0.05, 0) is 12.8 Å². The summed E-state index contributed by atoms with van der Waals surface area (Å²) in [6.45, 7) is 6.65. The Kier molecular flexibility index (Phi) is 7.94. The molecule has 1 heterocycles. The van der Waals surface area contributed by atoms with Crippen LogP contribution >= 0.6 is 0 Å². The van der Waals surface area contributed by atoms with E-state index < -0.39 is 47.4 Å². The number of methoxy groups -OCH3 is 1. The van der Waals surface area contributed by atoms with Crippen LogP contribution in [0.1, 0.15) is 38.8 Å². The second-order valence-electron chi connectivity index (χ2n) is 8.69. The molecule has 0 unspecified atom stereocenters. The highest BCUT2D eigenvalue weighted by atomic mass is 16.6. The second-order valence-corrected chi connectivity index (χ2v) is 8.69. The summed E-state index contributed by atoms with van der Waals surface area (Å²) in [6.07, 6.45) is 0. The molecule has 186 valence electrons. The molecule has 1 fully saturated rings. The number of carbonyl (C=O) groups excluding carboxylic acids is 4. The van der Waals surface area contributed by atoms with Crippen molar-refractivity contribution in [3.05, 3.63) is 71.8 Å². The summed E-state index contributed by atoms with van der Waals surface area (Å²) in [7, 11) is 1.19. The van der Waals surface area contributed by atoms with Gasteiger partial charge in [-0.3, -0.25) is 14.4 Å². The summed E-state index contributed by atoms with van der Waals surface area (Å²) in [4.78, 5) is 53.4. The van der Waals surface area contributed by atoms with Gasteiger partial charge in [0.1, 0.15) is 12.1 Å². The quantitative estimate of drug-likeness (QED) is 0.235. The molecule has 3 atom stereocenters. The maximum absolute atomic E-state index is 13.5. The van der Waals surface area contributed by atoms with Gasteiger partial charge in [0.15, 0.2) is 11.5 Å². The van der Waals surface area contributed by atoms with Gasteiger partial charge in [0, 0.05) is 18.1 Å². The number of hydrogen-bond donors (Lipinski definition) is 0. The van der Waals surface area contributed by atoms with Crippen molar-refractivity contribution < 1.29 is 33.4 Å². The molecule has 0 spiro atoms. The van der Waals surface area contributed by atoms with Crippen LogP contribution in [0, 0.1) is 11.8 Å². The third-order valence-corrected chi connectivity index (χ3v) is 6.18. The first-order valence-electron chi connectivity index (χ1n) is 11.6. The lowest BCUT2D eigenvalue weighted by molar-refractivity contribution is -0.206. The Bertz CT molecular complexity index is 1030. The van der Waals surface area contributed by atoms with E-state index in [4.69, 9.17) is 14.2 Å². The largest absolute Gasteiger partial charge is 0.468 e. The highest BCUT2D eigenvalue weighted by Crippen LogP contribution is 2.49. The Morgan fingerprint density at radius 3 is 1.89 bits per heavy atom. The maximum atomic E-state index is 13.5. The molecule has 8 nitrogen and oxygen atoms in total. The van der Waals surface area contributed by atoms with Crippen LogP contribution in [0.15, 0.2) is 60.7 Å². The van der Waals surface area contributed by atoms with Crippen LogP contribution in [0.4, 0.5) is 0 Å². The number of likely N-dealkylation sites (tertiary alicyclic amines) is 1. The first-order chi connectivity index (χ1) is 16.7. The monoisotopic (exact) mass is 481 g/mol. The molecule has 1 amide bonds. The van der Waals surface area contributed by atoms with Gasteiger partial charge in [0.2, 0.25) is 5.91 Å². The highest BCUT2D eigenvalue weighted by Gasteiger charge is 2.67. The third kappa shape index (κ3) is 4.65. The average Bonchev–Trinajstić information content (AvgIpc) is 2.84. The number of amides is 1. The Labute approximate surface area is 205 Å². The molecule has 1 aliphatic rings. The zero-order valence-corrected chi connectivity index (χ0v) is 20.6. The lowest BCUT2D eigenvalue weighted by atomic mass is 9.67. The van der Waals surface area contributed by atoms with E-state index in [2.05, 4.69) is 0 Å². The van der Waals surface area contributed by atoms with Crippen molar-refractivity contribution in [2.24, 2.45) is 11.8 Å². The minimum absolute atomic E-state index is 0.127. The van der Waals surface area contributed by atoms with Gasteiger partial charge >= 0.3 is 17.9 Å². The zero-order valence-electron chi connectivity index (χ0n) is 20.6. The molecule has 1 aliphatic heterocycles. The van der Waals surface area contributed by atoms with Crippen LogP contribution in [0.3, 0.4) is 0 Å². The predicted molar refractivity (Wildman–Crippen MR) is 127 cm³/mol. The third-order valence-electron chi connectivity index (χ3n) is 6.18. The second kappa shape index (κ2) is 10.7. The number of esters is 3. The number of hydrogen-bond acceptors (Lipinski definition) is 7. The highest BCUT2D eigenvalue weighted by molar-refractivity contribution is 6.06. The fourth-order valence-corrected chi connectivity index (χ4v) is 4.83. The number of carbonyl (C=O) groups is 4. The van der Waals surface area contributed by atoms with E-state index in [0.29, 0.717) is 11.1 Å². The van der Waals surface area contributed by atoms with E-state index in [1.54, 1.807) is 69.3 Å². The number of ether oxygens (including phenoxy) is 3. The van der Waals surface area contributed by atoms with Crippen molar-refractivity contribution in [1.29, 1.82) is 0 Å². The number of β-lactam (4-membered cyclic amide) rings is 1. The fraction of sp³-hybridized carbons (Fsp3) is 0.407. The number of nitrogens with zero attached hydrogens (tertiary/aromatic N) is 1. The number of benzene rings is 2. The van der Waals surface area contributed by atoms with Gasteiger partial charge in [0.05, 0.1) is 13.7 Å². The van der Waals surface area contributed by atoms with E-state index in [1.807, 2.05) is 12.1 Å². The van der Waals surface area contributed by atoms with Crippen molar-refractivity contribution in [1.82, 2.24) is 4.90 Å². The topological polar surface area (TPSA) is 99.2 Å². The lowest BCUT2D eigenvalue weighted by Gasteiger charge is -2.56. The van der Waals surface area contributed by atoms with E-state index >= 15 is 0 Å². The summed E-state index contributed by atoms with van der Waals surface area (Å²) in [5.74, 6) is -4.21. The van der Waals surface area contributed by atoms with Crippen molar-refractivity contribution in [2.45, 2.75) is 45.4 Å². The van der Waals surface area contributed by atoms with Gasteiger partial charge in [-0.1, -0.05) is 74.5 Å². The first-order valence-corrected chi connectivity index (χ1v) is 11.6. The first kappa shape index (κ1) is 25.9. The van der Waals surface area contributed by atoms with Crippen molar-refractivity contribution in [2.75, 3.05) is 13.7 Å². The van der Waals surface area contributed by atoms with Crippen LogP contribution in [0.5, 0.6) is 0 Å². The van der Waals surface area contributed by atoms with Gasteiger partial charge in [0.25, 0.3) is 0 Å². The maximum Gasteiger partial charge on any atom is 0.329 e. The molecular formula is C27H31NO7. The summed E-state index contributed by atoms with van der Waals surface area (Å²) >= 11 is 0. The Balaban J connectivity index is 2.35. The lowest BCUT2D eigenvalue weighted by Crippen LogP contribution is -2.75. The van der Waals surface area contributed by atoms with Crippen LogP contribution < -0.4 is 0 Å². The average molecular weight is 482 g/mol. The van der Waals surface area contributed by atoms with Crippen LogP contribution in [0.2, 0.25) is 0 Å². The molecular weight excluding hydrogens is 450 g/mol. The zero-order chi connectivity index (χ0) is 25.8. The smallest absolute Gasteiger partial charge is 0.329 e. The van der Waals surface area contributed by atoms with Gasteiger partial charge in [-0.2, -0.15) is 0 Å². The molecule has 0 aliphatic carbocycles.